The highest BCUT2D eigenvalue weighted by molar-refractivity contribution is 6.28. The molecular formula is C40H26O14. The zero-order chi connectivity index (χ0) is 37.7. The maximum Gasteiger partial charge on any atom is 0.348 e. The number of fused-ring (bicyclic) bond motifs is 15. The van der Waals surface area contributed by atoms with E-state index in [1.54, 1.807) is 48.5 Å². The SMILES string of the molecule is COc1ccc2c(=O)oc3c(c(OC)cc4c5c(OC)cc6c7c(OC)cc8c9c(OC)ccc(OC)c9oc(=O)c8c7oc(=O)c6c5oc(=O)c43)c2c1. The van der Waals surface area contributed by atoms with E-state index in [2.05, 4.69) is 0 Å². The van der Waals surface area contributed by atoms with E-state index in [-0.39, 0.29) is 88.4 Å². The van der Waals surface area contributed by atoms with E-state index in [4.69, 9.17) is 46.1 Å². The zero-order valence-electron chi connectivity index (χ0n) is 29.3. The quantitative estimate of drug-likeness (QED) is 0.129. The van der Waals surface area contributed by atoms with Gasteiger partial charge in [-0.3, -0.25) is 0 Å². The molecule has 9 aromatic rings. The fourth-order valence-corrected chi connectivity index (χ4v) is 7.50. The van der Waals surface area contributed by atoms with Gasteiger partial charge < -0.3 is 46.1 Å². The predicted molar refractivity (Wildman–Crippen MR) is 200 cm³/mol. The first-order chi connectivity index (χ1) is 26.2. The molecular weight excluding hydrogens is 704 g/mol. The van der Waals surface area contributed by atoms with Crippen molar-refractivity contribution in [2.45, 2.75) is 0 Å². The third-order valence-corrected chi connectivity index (χ3v) is 9.83. The Kier molecular flexibility index (Phi) is 7.05. The van der Waals surface area contributed by atoms with Gasteiger partial charge >= 0.3 is 22.5 Å². The topological polar surface area (TPSA) is 176 Å². The number of hydrogen-bond donors (Lipinski definition) is 0. The van der Waals surface area contributed by atoms with Crippen molar-refractivity contribution < 1.29 is 46.1 Å². The summed E-state index contributed by atoms with van der Waals surface area (Å²) in [6, 6.07) is 12.8. The summed E-state index contributed by atoms with van der Waals surface area (Å²) in [7, 11) is 8.63. The van der Waals surface area contributed by atoms with E-state index in [1.807, 2.05) is 0 Å². The van der Waals surface area contributed by atoms with Gasteiger partial charge in [0.05, 0.1) is 69.6 Å². The Morgan fingerprint density at radius 2 is 0.722 bits per heavy atom. The molecule has 9 rings (SSSR count). The number of ether oxygens (including phenoxy) is 6. The van der Waals surface area contributed by atoms with Gasteiger partial charge in [0.25, 0.3) is 0 Å². The number of hydrogen-bond acceptors (Lipinski definition) is 14. The average Bonchev–Trinajstić information content (AvgIpc) is 3.18. The van der Waals surface area contributed by atoms with Crippen LogP contribution in [0.1, 0.15) is 0 Å². The summed E-state index contributed by atoms with van der Waals surface area (Å²) >= 11 is 0. The Labute approximate surface area is 300 Å². The Balaban J connectivity index is 1.49. The van der Waals surface area contributed by atoms with Crippen molar-refractivity contribution in [3.63, 3.8) is 0 Å². The number of benzene rings is 5. The largest absolute Gasteiger partial charge is 0.497 e. The Morgan fingerprint density at radius 1 is 0.333 bits per heavy atom. The number of rotatable bonds is 6. The van der Waals surface area contributed by atoms with Gasteiger partial charge in [-0.2, -0.15) is 0 Å². The van der Waals surface area contributed by atoms with Crippen LogP contribution in [0.15, 0.2) is 85.4 Å². The standard InChI is InChI=1S/C40H26O14/c1-45-15-7-8-16-17(11-15)26-23(48-4)13-19-28-25(50-6)14-20-29-24(49-5)12-18-27-21(46-2)9-10-22(47-3)33(27)51-38(42)30(18)35(29)53-40(44)32(20)36(28)54-39(43)31(19)34(26)52-37(16)41/h7-14H,1-6H3. The lowest BCUT2D eigenvalue weighted by Gasteiger charge is -2.16. The molecule has 0 fully saturated rings. The molecule has 0 spiro atoms. The maximum absolute atomic E-state index is 14.2. The second-order valence-electron chi connectivity index (χ2n) is 12.3. The Hall–Kier alpha value is -7.22. The van der Waals surface area contributed by atoms with Crippen LogP contribution in [-0.2, 0) is 0 Å². The van der Waals surface area contributed by atoms with Crippen molar-refractivity contribution in [2.24, 2.45) is 0 Å². The van der Waals surface area contributed by atoms with Crippen LogP contribution in [0.5, 0.6) is 34.5 Å². The molecule has 0 aliphatic heterocycles. The van der Waals surface area contributed by atoms with Crippen LogP contribution in [0, 0.1) is 0 Å². The van der Waals surface area contributed by atoms with Gasteiger partial charge in [-0.05, 0) is 48.5 Å². The van der Waals surface area contributed by atoms with Gasteiger partial charge in [0.2, 0.25) is 0 Å². The fraction of sp³-hybridized carbons (Fsp3) is 0.150. The molecule has 14 nitrogen and oxygen atoms in total. The molecule has 0 saturated heterocycles. The Morgan fingerprint density at radius 3 is 1.17 bits per heavy atom. The van der Waals surface area contributed by atoms with Gasteiger partial charge in [0, 0.05) is 21.5 Å². The molecule has 0 N–H and O–H groups in total. The van der Waals surface area contributed by atoms with Gasteiger partial charge in [0.15, 0.2) is 28.1 Å². The van der Waals surface area contributed by atoms with Crippen LogP contribution in [0.2, 0.25) is 0 Å². The van der Waals surface area contributed by atoms with Crippen molar-refractivity contribution in [3.05, 3.63) is 90.2 Å². The van der Waals surface area contributed by atoms with E-state index in [9.17, 15) is 19.2 Å². The van der Waals surface area contributed by atoms with E-state index < -0.39 is 22.5 Å². The minimum Gasteiger partial charge on any atom is -0.497 e. The lowest BCUT2D eigenvalue weighted by molar-refractivity contribution is 0.400. The summed E-state index contributed by atoms with van der Waals surface area (Å²) in [4.78, 5) is 55.3. The van der Waals surface area contributed by atoms with Crippen LogP contribution >= 0.6 is 0 Å². The van der Waals surface area contributed by atoms with Crippen molar-refractivity contribution in [1.29, 1.82) is 0 Å². The van der Waals surface area contributed by atoms with E-state index in [1.165, 1.54) is 42.7 Å². The highest BCUT2D eigenvalue weighted by Gasteiger charge is 2.28. The summed E-state index contributed by atoms with van der Waals surface area (Å²) in [5.41, 5.74) is -3.73. The minimum atomic E-state index is -0.948. The average molecular weight is 731 g/mol. The van der Waals surface area contributed by atoms with Crippen molar-refractivity contribution in [3.8, 4) is 34.5 Å². The van der Waals surface area contributed by atoms with Crippen molar-refractivity contribution in [1.82, 2.24) is 0 Å². The fourth-order valence-electron chi connectivity index (χ4n) is 7.50. The first kappa shape index (κ1) is 32.7. The monoisotopic (exact) mass is 730 g/mol. The first-order valence-corrected chi connectivity index (χ1v) is 16.3. The molecule has 270 valence electrons. The Bertz CT molecular complexity index is 3380. The molecule has 0 aliphatic rings. The summed E-state index contributed by atoms with van der Waals surface area (Å²) < 4.78 is 57.5. The summed E-state index contributed by atoms with van der Waals surface area (Å²) in [5, 5.41) is 2.11. The number of methoxy groups -OCH3 is 6. The maximum atomic E-state index is 14.2. The van der Waals surface area contributed by atoms with Gasteiger partial charge in [0.1, 0.15) is 44.9 Å². The molecule has 0 atom stereocenters. The molecule has 0 unspecified atom stereocenters. The molecule has 54 heavy (non-hydrogen) atoms. The molecule has 4 aromatic heterocycles. The van der Waals surface area contributed by atoms with Crippen LogP contribution in [0.4, 0.5) is 0 Å². The van der Waals surface area contributed by atoms with Crippen LogP contribution < -0.4 is 50.9 Å². The van der Waals surface area contributed by atoms with Crippen molar-refractivity contribution >= 4 is 87.0 Å². The second kappa shape index (κ2) is 11.6. The molecule has 4 heterocycles. The molecule has 0 bridgehead atoms. The molecule has 0 aliphatic carbocycles. The molecule has 5 aromatic carbocycles. The van der Waals surface area contributed by atoms with Crippen LogP contribution in [-0.4, -0.2) is 42.7 Å². The molecule has 0 amide bonds. The summed E-state index contributed by atoms with van der Waals surface area (Å²) in [6.07, 6.45) is 0. The molecule has 0 saturated carbocycles. The first-order valence-electron chi connectivity index (χ1n) is 16.3. The van der Waals surface area contributed by atoms with E-state index in [0.717, 1.165) is 0 Å². The lowest BCUT2D eigenvalue weighted by Crippen LogP contribution is -2.09. The highest BCUT2D eigenvalue weighted by Crippen LogP contribution is 2.47. The third kappa shape index (κ3) is 4.21. The van der Waals surface area contributed by atoms with E-state index in [0.29, 0.717) is 33.0 Å². The lowest BCUT2D eigenvalue weighted by atomic mass is 9.96. The zero-order valence-corrected chi connectivity index (χ0v) is 29.3. The van der Waals surface area contributed by atoms with Gasteiger partial charge in [-0.1, -0.05) is 0 Å². The molecule has 14 heteroatoms. The highest BCUT2D eigenvalue weighted by atomic mass is 16.5. The third-order valence-electron chi connectivity index (χ3n) is 9.83. The predicted octanol–water partition coefficient (Wildman–Crippen LogP) is 6.78. The smallest absolute Gasteiger partial charge is 0.348 e. The van der Waals surface area contributed by atoms with Crippen molar-refractivity contribution in [2.75, 3.05) is 42.7 Å². The van der Waals surface area contributed by atoms with Gasteiger partial charge in [-0.25, -0.2) is 19.2 Å². The molecule has 0 radical (unpaired) electrons. The summed E-state index contributed by atoms with van der Waals surface area (Å²) in [5.74, 6) is 1.70. The van der Waals surface area contributed by atoms with Gasteiger partial charge in [-0.15, -0.1) is 0 Å². The minimum absolute atomic E-state index is 0.0713. The second-order valence-corrected chi connectivity index (χ2v) is 12.3. The normalized spacial score (nSPS) is 11.8. The summed E-state index contributed by atoms with van der Waals surface area (Å²) in [6.45, 7) is 0. The van der Waals surface area contributed by atoms with Crippen LogP contribution in [0.25, 0.3) is 87.0 Å². The van der Waals surface area contributed by atoms with E-state index >= 15 is 0 Å². The van der Waals surface area contributed by atoms with Crippen LogP contribution in [0.3, 0.4) is 0 Å².